The number of rotatable bonds is 3. The number of nitrogens with zero attached hydrogens (tertiary/aromatic N) is 1. The number of carbonyl (C=O) groups excluding carboxylic acids is 1. The van der Waals surface area contributed by atoms with E-state index < -0.39 is 10.8 Å². The third-order valence-electron chi connectivity index (χ3n) is 2.48. The largest absolute Gasteiger partial charge is 0.508 e. The summed E-state index contributed by atoms with van der Waals surface area (Å²) in [4.78, 5) is 22.1. The number of nitro benzene ring substituents is 1. The summed E-state index contributed by atoms with van der Waals surface area (Å²) in [5.74, 6) is -0.434. The maximum absolute atomic E-state index is 11.9. The van der Waals surface area contributed by atoms with Crippen LogP contribution in [0.1, 0.15) is 10.4 Å². The van der Waals surface area contributed by atoms with Crippen LogP contribution in [0.25, 0.3) is 0 Å². The van der Waals surface area contributed by atoms with Crippen molar-refractivity contribution in [1.82, 2.24) is 0 Å². The number of anilines is 1. The fraction of sp³-hybridized carbons (Fsp3) is 0. The van der Waals surface area contributed by atoms with Gasteiger partial charge in [0.05, 0.1) is 4.92 Å². The predicted octanol–water partition coefficient (Wildman–Crippen LogP) is 2.55. The summed E-state index contributed by atoms with van der Waals surface area (Å²) in [6, 6.07) is 11.5. The van der Waals surface area contributed by atoms with E-state index in [1.54, 1.807) is 6.07 Å². The molecule has 19 heavy (non-hydrogen) atoms. The highest BCUT2D eigenvalue weighted by Gasteiger charge is 2.15. The van der Waals surface area contributed by atoms with E-state index in [9.17, 15) is 14.9 Å². The number of benzene rings is 2. The van der Waals surface area contributed by atoms with Crippen molar-refractivity contribution in [3.63, 3.8) is 0 Å². The molecule has 0 aromatic heterocycles. The Labute approximate surface area is 108 Å². The monoisotopic (exact) mass is 258 g/mol. The highest BCUT2D eigenvalue weighted by atomic mass is 16.6. The van der Waals surface area contributed by atoms with Crippen LogP contribution in [0.4, 0.5) is 11.4 Å². The number of carbonyl (C=O) groups is 1. The van der Waals surface area contributed by atoms with Gasteiger partial charge in [0.2, 0.25) is 0 Å². The van der Waals surface area contributed by atoms with E-state index in [1.807, 2.05) is 0 Å². The maximum atomic E-state index is 11.9. The van der Waals surface area contributed by atoms with Gasteiger partial charge in [0.1, 0.15) is 11.4 Å². The van der Waals surface area contributed by atoms with Gasteiger partial charge in [-0.05, 0) is 30.3 Å². The molecule has 2 rings (SSSR count). The molecule has 0 saturated heterocycles. The summed E-state index contributed by atoms with van der Waals surface area (Å²) >= 11 is 0. The Bertz CT molecular complexity index is 623. The van der Waals surface area contributed by atoms with Crippen molar-refractivity contribution >= 4 is 17.3 Å². The van der Waals surface area contributed by atoms with E-state index in [2.05, 4.69) is 5.32 Å². The molecule has 0 fully saturated rings. The highest BCUT2D eigenvalue weighted by molar-refractivity contribution is 6.05. The van der Waals surface area contributed by atoms with E-state index >= 15 is 0 Å². The molecule has 0 spiro atoms. The first kappa shape index (κ1) is 12.6. The molecule has 0 unspecified atom stereocenters. The lowest BCUT2D eigenvalue weighted by atomic mass is 10.2. The van der Waals surface area contributed by atoms with Crippen LogP contribution in [0.2, 0.25) is 0 Å². The molecule has 0 atom stereocenters. The van der Waals surface area contributed by atoms with Gasteiger partial charge in [-0.15, -0.1) is 0 Å². The summed E-state index contributed by atoms with van der Waals surface area (Å²) in [7, 11) is 0. The topological polar surface area (TPSA) is 92.5 Å². The van der Waals surface area contributed by atoms with Gasteiger partial charge in [-0.1, -0.05) is 12.1 Å². The summed E-state index contributed by atoms with van der Waals surface area (Å²) in [6.07, 6.45) is 0. The normalized spacial score (nSPS) is 9.89. The zero-order valence-electron chi connectivity index (χ0n) is 9.74. The van der Waals surface area contributed by atoms with E-state index in [0.29, 0.717) is 5.56 Å². The lowest BCUT2D eigenvalue weighted by molar-refractivity contribution is -0.383. The highest BCUT2D eigenvalue weighted by Crippen LogP contribution is 2.23. The van der Waals surface area contributed by atoms with Crippen LogP contribution in [0, 0.1) is 10.1 Å². The van der Waals surface area contributed by atoms with Crippen LogP contribution in [-0.2, 0) is 0 Å². The van der Waals surface area contributed by atoms with Crippen LogP contribution in [0.5, 0.6) is 5.75 Å². The van der Waals surface area contributed by atoms with E-state index in [1.165, 1.54) is 42.5 Å². The van der Waals surface area contributed by atoms with Crippen LogP contribution >= 0.6 is 0 Å². The van der Waals surface area contributed by atoms with E-state index in [-0.39, 0.29) is 17.1 Å². The molecule has 0 radical (unpaired) electrons. The van der Waals surface area contributed by atoms with Crippen molar-refractivity contribution in [2.45, 2.75) is 0 Å². The molecule has 1 amide bonds. The third-order valence-corrected chi connectivity index (χ3v) is 2.48. The predicted molar refractivity (Wildman–Crippen MR) is 69.2 cm³/mol. The lowest BCUT2D eigenvalue weighted by Gasteiger charge is -2.05. The number of hydrogen-bond donors (Lipinski definition) is 2. The number of aromatic hydroxyl groups is 1. The number of para-hydroxylation sites is 2. The Kier molecular flexibility index (Phi) is 3.42. The van der Waals surface area contributed by atoms with Crippen molar-refractivity contribution in [3.8, 4) is 5.75 Å². The third kappa shape index (κ3) is 2.86. The van der Waals surface area contributed by atoms with Gasteiger partial charge in [-0.3, -0.25) is 14.9 Å². The number of nitro groups is 1. The molecule has 6 heteroatoms. The molecular weight excluding hydrogens is 248 g/mol. The average molecular weight is 258 g/mol. The molecule has 0 aliphatic heterocycles. The van der Waals surface area contributed by atoms with Crippen molar-refractivity contribution in [2.75, 3.05) is 5.32 Å². The molecule has 0 aliphatic carbocycles. The Balaban J connectivity index is 2.24. The Morgan fingerprint density at radius 3 is 2.37 bits per heavy atom. The number of amides is 1. The van der Waals surface area contributed by atoms with Crippen LogP contribution in [0.3, 0.4) is 0 Å². The summed E-state index contributed by atoms with van der Waals surface area (Å²) in [5.41, 5.74) is 0.260. The molecule has 2 aromatic rings. The molecule has 6 nitrogen and oxygen atoms in total. The Morgan fingerprint density at radius 2 is 1.74 bits per heavy atom. The van der Waals surface area contributed by atoms with Gasteiger partial charge in [-0.25, -0.2) is 0 Å². The minimum atomic E-state index is -0.563. The molecule has 0 aliphatic rings. The summed E-state index contributed by atoms with van der Waals surface area (Å²) in [6.45, 7) is 0. The molecular formula is C13H10N2O4. The smallest absolute Gasteiger partial charge is 0.292 e. The summed E-state index contributed by atoms with van der Waals surface area (Å²) in [5, 5.41) is 22.4. The quantitative estimate of drug-likeness (QED) is 0.653. The number of phenols is 1. The number of hydrogen-bond acceptors (Lipinski definition) is 4. The Morgan fingerprint density at radius 1 is 1.11 bits per heavy atom. The SMILES string of the molecule is O=C(Nc1ccccc1[N+](=O)[O-])c1ccc(O)cc1. The fourth-order valence-corrected chi connectivity index (χ4v) is 1.55. The first-order chi connectivity index (χ1) is 9.08. The van der Waals surface area contributed by atoms with E-state index in [0.717, 1.165) is 0 Å². The van der Waals surface area contributed by atoms with Crippen LogP contribution < -0.4 is 5.32 Å². The second kappa shape index (κ2) is 5.18. The number of nitrogens with one attached hydrogen (secondary N) is 1. The van der Waals surface area contributed by atoms with E-state index in [4.69, 9.17) is 5.11 Å². The lowest BCUT2D eigenvalue weighted by Crippen LogP contribution is -2.12. The molecule has 0 bridgehead atoms. The van der Waals surface area contributed by atoms with Crippen molar-refractivity contribution in [2.24, 2.45) is 0 Å². The molecule has 96 valence electrons. The number of phenolic OH excluding ortho intramolecular Hbond substituents is 1. The first-order valence-electron chi connectivity index (χ1n) is 5.42. The van der Waals surface area contributed by atoms with Gasteiger partial charge in [0, 0.05) is 11.6 Å². The first-order valence-corrected chi connectivity index (χ1v) is 5.42. The standard InChI is InChI=1S/C13H10N2O4/c16-10-7-5-9(6-8-10)13(17)14-11-3-1-2-4-12(11)15(18)19/h1-8,16H,(H,14,17). The second-order valence-corrected chi connectivity index (χ2v) is 3.78. The van der Waals surface area contributed by atoms with Crippen molar-refractivity contribution < 1.29 is 14.8 Å². The second-order valence-electron chi connectivity index (χ2n) is 3.78. The van der Waals surface area contributed by atoms with Crippen LogP contribution in [0.15, 0.2) is 48.5 Å². The van der Waals surface area contributed by atoms with Crippen molar-refractivity contribution in [1.29, 1.82) is 0 Å². The minimum absolute atomic E-state index is 0.0437. The van der Waals surface area contributed by atoms with Gasteiger partial charge in [0.15, 0.2) is 0 Å². The van der Waals surface area contributed by atoms with Gasteiger partial charge >= 0.3 is 0 Å². The minimum Gasteiger partial charge on any atom is -0.508 e. The molecule has 0 heterocycles. The van der Waals surface area contributed by atoms with Crippen LogP contribution in [-0.4, -0.2) is 15.9 Å². The Hall–Kier alpha value is -2.89. The maximum Gasteiger partial charge on any atom is 0.292 e. The zero-order valence-corrected chi connectivity index (χ0v) is 9.74. The van der Waals surface area contributed by atoms with Gasteiger partial charge in [-0.2, -0.15) is 0 Å². The van der Waals surface area contributed by atoms with Crippen molar-refractivity contribution in [3.05, 3.63) is 64.2 Å². The molecule has 0 saturated carbocycles. The average Bonchev–Trinajstić information content (AvgIpc) is 2.39. The molecule has 2 N–H and O–H groups in total. The summed E-state index contributed by atoms with van der Waals surface area (Å²) < 4.78 is 0. The fourth-order valence-electron chi connectivity index (χ4n) is 1.55. The zero-order chi connectivity index (χ0) is 13.8. The van der Waals surface area contributed by atoms with Gasteiger partial charge in [0.25, 0.3) is 11.6 Å². The van der Waals surface area contributed by atoms with Gasteiger partial charge < -0.3 is 10.4 Å². The molecule has 2 aromatic carbocycles.